The minimum Gasteiger partial charge on any atom is -0.478 e. The van der Waals surface area contributed by atoms with Crippen molar-refractivity contribution in [2.75, 3.05) is 5.32 Å². The van der Waals surface area contributed by atoms with Gasteiger partial charge in [-0.2, -0.15) is 0 Å². The lowest BCUT2D eigenvalue weighted by Crippen LogP contribution is -2.16. The van der Waals surface area contributed by atoms with Crippen LogP contribution in [-0.4, -0.2) is 21.6 Å². The van der Waals surface area contributed by atoms with Gasteiger partial charge >= 0.3 is 5.97 Å². The van der Waals surface area contributed by atoms with E-state index < -0.39 is 5.97 Å². The van der Waals surface area contributed by atoms with Crippen LogP contribution in [-0.2, 0) is 0 Å². The van der Waals surface area contributed by atoms with Gasteiger partial charge in [-0.1, -0.05) is 6.07 Å². The molecule has 1 fully saturated rings. The lowest BCUT2D eigenvalue weighted by Gasteiger charge is -2.10. The van der Waals surface area contributed by atoms with Crippen molar-refractivity contribution >= 4 is 17.6 Å². The van der Waals surface area contributed by atoms with E-state index in [1.807, 2.05) is 16.8 Å². The summed E-state index contributed by atoms with van der Waals surface area (Å²) >= 11 is 0. The zero-order chi connectivity index (χ0) is 15.0. The quantitative estimate of drug-likeness (QED) is 0.906. The Hall–Kier alpha value is -2.56. The summed E-state index contributed by atoms with van der Waals surface area (Å²) in [6, 6.07) is 8.95. The topological polar surface area (TPSA) is 71.3 Å². The van der Waals surface area contributed by atoms with Crippen LogP contribution >= 0.6 is 0 Å². The van der Waals surface area contributed by atoms with Crippen molar-refractivity contribution in [1.82, 2.24) is 4.57 Å². The fraction of sp³-hybridized carbons (Fsp3) is 0.250. The van der Waals surface area contributed by atoms with Gasteiger partial charge in [-0.3, -0.25) is 4.79 Å². The molecular weight excluding hydrogens is 268 g/mol. The van der Waals surface area contributed by atoms with E-state index in [1.165, 1.54) is 6.07 Å². The van der Waals surface area contributed by atoms with Gasteiger partial charge in [0.15, 0.2) is 0 Å². The lowest BCUT2D eigenvalue weighted by atomic mass is 10.1. The number of carboxylic acids is 1. The zero-order valence-electron chi connectivity index (χ0n) is 11.7. The smallest absolute Gasteiger partial charge is 0.336 e. The molecule has 2 aromatic rings. The van der Waals surface area contributed by atoms with Crippen LogP contribution in [0.3, 0.4) is 0 Å². The Balaban J connectivity index is 1.83. The SMILES string of the molecule is Cc1ccc(NC(=O)c2cccn2C2CC2)cc1C(=O)O. The van der Waals surface area contributed by atoms with Crippen LogP contribution in [0.1, 0.15) is 45.3 Å². The van der Waals surface area contributed by atoms with Crippen LogP contribution in [0.15, 0.2) is 36.5 Å². The standard InChI is InChI=1S/C16H16N2O3/c1-10-4-5-11(9-13(10)16(20)21)17-15(19)14-3-2-8-18(14)12-6-7-12/h2-5,8-9,12H,6-7H2,1H3,(H,17,19)(H,20,21). The second-order valence-electron chi connectivity index (χ2n) is 5.32. The number of nitrogens with one attached hydrogen (secondary N) is 1. The van der Waals surface area contributed by atoms with Crippen molar-refractivity contribution in [2.45, 2.75) is 25.8 Å². The van der Waals surface area contributed by atoms with Gasteiger partial charge in [0.2, 0.25) is 0 Å². The number of hydrogen-bond acceptors (Lipinski definition) is 2. The first-order valence-electron chi connectivity index (χ1n) is 6.88. The number of nitrogens with zero attached hydrogens (tertiary/aromatic N) is 1. The third-order valence-corrected chi connectivity index (χ3v) is 3.68. The Morgan fingerprint density at radius 1 is 1.29 bits per heavy atom. The maximum atomic E-state index is 12.3. The highest BCUT2D eigenvalue weighted by Gasteiger charge is 2.26. The van der Waals surface area contributed by atoms with Gasteiger partial charge in [0, 0.05) is 17.9 Å². The molecule has 5 nitrogen and oxygen atoms in total. The maximum Gasteiger partial charge on any atom is 0.336 e. The largest absolute Gasteiger partial charge is 0.478 e. The highest BCUT2D eigenvalue weighted by atomic mass is 16.4. The van der Waals surface area contributed by atoms with Crippen molar-refractivity contribution in [1.29, 1.82) is 0 Å². The van der Waals surface area contributed by atoms with Crippen LogP contribution in [0, 0.1) is 6.92 Å². The number of aromatic carboxylic acids is 1. The van der Waals surface area contributed by atoms with Gasteiger partial charge in [-0.05, 0) is 49.6 Å². The fourth-order valence-corrected chi connectivity index (χ4v) is 2.38. The molecule has 1 aliphatic carbocycles. The van der Waals surface area contributed by atoms with E-state index in [-0.39, 0.29) is 11.5 Å². The number of hydrogen-bond donors (Lipinski definition) is 2. The summed E-state index contributed by atoms with van der Waals surface area (Å²) in [5.74, 6) is -1.21. The number of carbonyl (C=O) groups is 2. The highest BCUT2D eigenvalue weighted by molar-refractivity contribution is 6.04. The summed E-state index contributed by atoms with van der Waals surface area (Å²) in [4.78, 5) is 23.4. The lowest BCUT2D eigenvalue weighted by molar-refractivity contribution is 0.0695. The van der Waals surface area contributed by atoms with Crippen LogP contribution in [0.4, 0.5) is 5.69 Å². The van der Waals surface area contributed by atoms with Crippen LogP contribution in [0.2, 0.25) is 0 Å². The minimum atomic E-state index is -0.995. The molecule has 5 heteroatoms. The van der Waals surface area contributed by atoms with Crippen molar-refractivity contribution in [3.63, 3.8) is 0 Å². The van der Waals surface area contributed by atoms with E-state index in [0.717, 1.165) is 12.8 Å². The van der Waals surface area contributed by atoms with Gasteiger partial charge in [0.25, 0.3) is 5.91 Å². The van der Waals surface area contributed by atoms with Crippen LogP contribution in [0.5, 0.6) is 0 Å². The normalized spacial score (nSPS) is 14.0. The minimum absolute atomic E-state index is 0.199. The number of carbonyl (C=O) groups excluding carboxylic acids is 1. The summed E-state index contributed by atoms with van der Waals surface area (Å²) in [6.07, 6.45) is 4.11. The Morgan fingerprint density at radius 3 is 2.71 bits per heavy atom. The van der Waals surface area contributed by atoms with E-state index in [0.29, 0.717) is 23.0 Å². The molecule has 1 heterocycles. The first-order chi connectivity index (χ1) is 10.1. The molecule has 108 valence electrons. The van der Waals surface area contributed by atoms with Gasteiger partial charge < -0.3 is 15.0 Å². The molecule has 1 saturated carbocycles. The number of amides is 1. The van der Waals surface area contributed by atoms with E-state index >= 15 is 0 Å². The number of carboxylic acid groups (broad SMARTS) is 1. The van der Waals surface area contributed by atoms with Crippen molar-refractivity contribution in [3.05, 3.63) is 53.3 Å². The molecule has 0 saturated heterocycles. The third kappa shape index (κ3) is 2.67. The van der Waals surface area contributed by atoms with Gasteiger partial charge in [-0.25, -0.2) is 4.79 Å². The molecule has 0 unspecified atom stereocenters. The van der Waals surface area contributed by atoms with Crippen molar-refractivity contribution < 1.29 is 14.7 Å². The van der Waals surface area contributed by atoms with Crippen LogP contribution < -0.4 is 5.32 Å². The summed E-state index contributed by atoms with van der Waals surface area (Å²) in [7, 11) is 0. The Labute approximate surface area is 122 Å². The van der Waals surface area contributed by atoms with Gasteiger partial charge in [0.05, 0.1) is 5.56 Å². The summed E-state index contributed by atoms with van der Waals surface area (Å²) in [5, 5.41) is 11.9. The molecule has 1 aromatic heterocycles. The zero-order valence-corrected chi connectivity index (χ0v) is 11.7. The van der Waals surface area contributed by atoms with E-state index in [2.05, 4.69) is 5.32 Å². The molecule has 1 amide bonds. The molecule has 3 rings (SSSR count). The van der Waals surface area contributed by atoms with E-state index in [9.17, 15) is 9.59 Å². The summed E-state index contributed by atoms with van der Waals surface area (Å²) in [6.45, 7) is 1.73. The number of rotatable bonds is 4. The molecule has 0 spiro atoms. The summed E-state index contributed by atoms with van der Waals surface area (Å²) in [5.41, 5.74) is 1.97. The monoisotopic (exact) mass is 284 g/mol. The van der Waals surface area contributed by atoms with Gasteiger partial charge in [0.1, 0.15) is 5.69 Å². The average molecular weight is 284 g/mol. The number of benzene rings is 1. The molecule has 0 aliphatic heterocycles. The second-order valence-corrected chi connectivity index (χ2v) is 5.32. The first kappa shape index (κ1) is 13.4. The molecule has 2 N–H and O–H groups in total. The fourth-order valence-electron chi connectivity index (χ4n) is 2.38. The number of aromatic nitrogens is 1. The molecular formula is C16H16N2O3. The number of anilines is 1. The van der Waals surface area contributed by atoms with Crippen LogP contribution in [0.25, 0.3) is 0 Å². The Morgan fingerprint density at radius 2 is 2.05 bits per heavy atom. The molecule has 0 bridgehead atoms. The number of aryl methyl sites for hydroxylation is 1. The molecule has 21 heavy (non-hydrogen) atoms. The van der Waals surface area contributed by atoms with Crippen molar-refractivity contribution in [2.24, 2.45) is 0 Å². The second kappa shape index (κ2) is 5.09. The highest BCUT2D eigenvalue weighted by Crippen LogP contribution is 2.36. The first-order valence-corrected chi connectivity index (χ1v) is 6.88. The van der Waals surface area contributed by atoms with Gasteiger partial charge in [-0.15, -0.1) is 0 Å². The third-order valence-electron chi connectivity index (χ3n) is 3.68. The summed E-state index contributed by atoms with van der Waals surface area (Å²) < 4.78 is 1.97. The molecule has 0 atom stereocenters. The van der Waals surface area contributed by atoms with Crippen molar-refractivity contribution in [3.8, 4) is 0 Å². The predicted octanol–water partition coefficient (Wildman–Crippen LogP) is 3.08. The Kier molecular flexibility index (Phi) is 3.25. The van der Waals surface area contributed by atoms with E-state index in [1.54, 1.807) is 25.1 Å². The maximum absolute atomic E-state index is 12.3. The molecule has 0 radical (unpaired) electrons. The Bertz CT molecular complexity index is 714. The average Bonchev–Trinajstić information content (AvgIpc) is 3.17. The molecule has 1 aromatic carbocycles. The van der Waals surface area contributed by atoms with E-state index in [4.69, 9.17) is 5.11 Å². The molecule has 1 aliphatic rings. The predicted molar refractivity (Wildman–Crippen MR) is 78.8 cm³/mol.